The number of halogens is 3. The van der Waals surface area contributed by atoms with Gasteiger partial charge in [-0.15, -0.1) is 0 Å². The highest BCUT2D eigenvalue weighted by molar-refractivity contribution is 5.94. The molecular weight excluding hydrogens is 271 g/mol. The van der Waals surface area contributed by atoms with Crippen LogP contribution in [-0.2, 0) is 0 Å². The van der Waals surface area contributed by atoms with Gasteiger partial charge in [0, 0.05) is 17.5 Å². The van der Waals surface area contributed by atoms with Crippen LogP contribution >= 0.6 is 0 Å². The quantitative estimate of drug-likeness (QED) is 0.791. The number of aliphatic hydroxyl groups excluding tert-OH is 1. The first kappa shape index (κ1) is 16.5. The lowest BCUT2D eigenvalue weighted by atomic mass is 9.83. The summed E-state index contributed by atoms with van der Waals surface area (Å²) in [6.07, 6.45) is 1.29. The molecule has 0 heterocycles. The molecule has 20 heavy (non-hydrogen) atoms. The molecule has 0 fully saturated rings. The van der Waals surface area contributed by atoms with E-state index >= 15 is 0 Å². The van der Waals surface area contributed by atoms with Gasteiger partial charge in [-0.1, -0.05) is 13.8 Å². The normalized spacial score (nSPS) is 11.5. The Hall–Kier alpha value is -1.56. The molecule has 0 aliphatic carbocycles. The number of aliphatic hydroxyl groups is 1. The fourth-order valence-electron chi connectivity index (χ4n) is 1.84. The molecule has 0 unspecified atom stereocenters. The van der Waals surface area contributed by atoms with Crippen molar-refractivity contribution in [1.82, 2.24) is 5.32 Å². The van der Waals surface area contributed by atoms with Crippen LogP contribution in [0.1, 0.15) is 37.0 Å². The summed E-state index contributed by atoms with van der Waals surface area (Å²) in [5.41, 5.74) is -0.757. The van der Waals surface area contributed by atoms with Gasteiger partial charge in [-0.05, 0) is 25.0 Å². The van der Waals surface area contributed by atoms with E-state index in [0.29, 0.717) is 25.0 Å². The smallest absolute Gasteiger partial charge is 0.251 e. The van der Waals surface area contributed by atoms with Gasteiger partial charge in [0.1, 0.15) is 0 Å². The van der Waals surface area contributed by atoms with Gasteiger partial charge < -0.3 is 10.4 Å². The van der Waals surface area contributed by atoms with Gasteiger partial charge >= 0.3 is 0 Å². The average Bonchev–Trinajstić information content (AvgIpc) is 2.46. The molecule has 0 saturated carbocycles. The average molecular weight is 289 g/mol. The van der Waals surface area contributed by atoms with Crippen molar-refractivity contribution in [2.45, 2.75) is 26.7 Å². The first-order valence-corrected chi connectivity index (χ1v) is 6.42. The van der Waals surface area contributed by atoms with Crippen molar-refractivity contribution in [3.05, 3.63) is 35.1 Å². The Morgan fingerprint density at radius 1 is 1.20 bits per heavy atom. The van der Waals surface area contributed by atoms with Crippen molar-refractivity contribution in [3.8, 4) is 0 Å². The Bertz CT molecular complexity index is 456. The molecule has 1 aromatic rings. The third-order valence-corrected chi connectivity index (χ3v) is 3.71. The molecule has 0 bridgehead atoms. The van der Waals surface area contributed by atoms with Crippen molar-refractivity contribution in [2.75, 3.05) is 13.2 Å². The lowest BCUT2D eigenvalue weighted by Gasteiger charge is -2.29. The summed E-state index contributed by atoms with van der Waals surface area (Å²) in [5, 5.41) is 11.9. The molecule has 1 amide bonds. The maximum absolute atomic E-state index is 13.0. The van der Waals surface area contributed by atoms with Crippen LogP contribution in [0.5, 0.6) is 0 Å². The van der Waals surface area contributed by atoms with E-state index in [1.54, 1.807) is 0 Å². The number of benzene rings is 1. The van der Waals surface area contributed by atoms with Crippen molar-refractivity contribution in [1.29, 1.82) is 0 Å². The fourth-order valence-corrected chi connectivity index (χ4v) is 1.84. The second kappa shape index (κ2) is 6.74. The molecule has 0 atom stereocenters. The SMILES string of the molecule is CCC(CC)(CO)CNC(=O)c1cc(F)c(F)c(F)c1. The first-order chi connectivity index (χ1) is 9.39. The number of rotatable bonds is 6. The Kier molecular flexibility index (Phi) is 5.56. The molecule has 0 spiro atoms. The van der Waals surface area contributed by atoms with Gasteiger partial charge in [0.2, 0.25) is 0 Å². The number of carbonyl (C=O) groups is 1. The number of hydrogen-bond acceptors (Lipinski definition) is 2. The minimum Gasteiger partial charge on any atom is -0.396 e. The number of hydrogen-bond donors (Lipinski definition) is 2. The highest BCUT2D eigenvalue weighted by atomic mass is 19.2. The standard InChI is InChI=1S/C14H18F3NO2/c1-3-14(4-2,8-19)7-18-13(20)9-5-10(15)12(17)11(16)6-9/h5-6,19H,3-4,7-8H2,1-2H3,(H,18,20). The highest BCUT2D eigenvalue weighted by Gasteiger charge is 2.26. The number of amides is 1. The van der Waals surface area contributed by atoms with E-state index in [2.05, 4.69) is 5.32 Å². The van der Waals surface area contributed by atoms with Gasteiger partial charge in [-0.25, -0.2) is 13.2 Å². The Morgan fingerprint density at radius 3 is 2.10 bits per heavy atom. The molecule has 112 valence electrons. The van der Waals surface area contributed by atoms with E-state index in [9.17, 15) is 23.1 Å². The van der Waals surface area contributed by atoms with E-state index in [-0.39, 0.29) is 18.7 Å². The van der Waals surface area contributed by atoms with Crippen LogP contribution < -0.4 is 5.32 Å². The zero-order valence-corrected chi connectivity index (χ0v) is 11.5. The lowest BCUT2D eigenvalue weighted by Crippen LogP contribution is -2.39. The summed E-state index contributed by atoms with van der Waals surface area (Å²) in [6.45, 7) is 3.83. The molecule has 1 aromatic carbocycles. The van der Waals surface area contributed by atoms with Gasteiger partial charge in [-0.3, -0.25) is 4.79 Å². The second-order valence-electron chi connectivity index (χ2n) is 4.80. The number of nitrogens with one attached hydrogen (secondary N) is 1. The lowest BCUT2D eigenvalue weighted by molar-refractivity contribution is 0.0850. The summed E-state index contributed by atoms with van der Waals surface area (Å²) in [5.74, 6) is -5.12. The first-order valence-electron chi connectivity index (χ1n) is 6.42. The maximum atomic E-state index is 13.0. The predicted molar refractivity (Wildman–Crippen MR) is 68.8 cm³/mol. The van der Waals surface area contributed by atoms with Gasteiger partial charge in [0.25, 0.3) is 5.91 Å². The minimum absolute atomic E-state index is 0.105. The third kappa shape index (κ3) is 3.50. The van der Waals surface area contributed by atoms with Gasteiger partial charge in [-0.2, -0.15) is 0 Å². The molecule has 0 saturated heterocycles. The zero-order chi connectivity index (χ0) is 15.3. The van der Waals surface area contributed by atoms with Crippen LogP contribution in [0.25, 0.3) is 0 Å². The van der Waals surface area contributed by atoms with Crippen LogP contribution in [0.3, 0.4) is 0 Å². The monoisotopic (exact) mass is 289 g/mol. The topological polar surface area (TPSA) is 49.3 Å². The second-order valence-corrected chi connectivity index (χ2v) is 4.80. The van der Waals surface area contributed by atoms with Crippen LogP contribution in [0.4, 0.5) is 13.2 Å². The van der Waals surface area contributed by atoms with E-state index in [1.165, 1.54) is 0 Å². The van der Waals surface area contributed by atoms with E-state index in [1.807, 2.05) is 13.8 Å². The van der Waals surface area contributed by atoms with Crippen molar-refractivity contribution in [2.24, 2.45) is 5.41 Å². The van der Waals surface area contributed by atoms with Gasteiger partial charge in [0.15, 0.2) is 17.5 Å². The molecule has 2 N–H and O–H groups in total. The molecule has 0 radical (unpaired) electrons. The highest BCUT2D eigenvalue weighted by Crippen LogP contribution is 2.24. The Balaban J connectivity index is 2.82. The van der Waals surface area contributed by atoms with E-state index in [0.717, 1.165) is 0 Å². The molecule has 0 aliphatic rings. The third-order valence-electron chi connectivity index (χ3n) is 3.71. The van der Waals surface area contributed by atoms with Crippen LogP contribution in [0, 0.1) is 22.9 Å². The van der Waals surface area contributed by atoms with Crippen molar-refractivity contribution in [3.63, 3.8) is 0 Å². The van der Waals surface area contributed by atoms with Crippen LogP contribution in [0.15, 0.2) is 12.1 Å². The molecule has 1 rings (SSSR count). The Morgan fingerprint density at radius 2 is 1.70 bits per heavy atom. The summed E-state index contributed by atoms with van der Waals surface area (Å²) >= 11 is 0. The number of carbonyl (C=O) groups excluding carboxylic acids is 1. The summed E-state index contributed by atoms with van der Waals surface area (Å²) in [6, 6.07) is 1.29. The molecular formula is C14H18F3NO2. The van der Waals surface area contributed by atoms with Gasteiger partial charge in [0.05, 0.1) is 6.61 Å². The van der Waals surface area contributed by atoms with Crippen molar-refractivity contribution >= 4 is 5.91 Å². The molecule has 6 heteroatoms. The molecule has 0 aromatic heterocycles. The summed E-state index contributed by atoms with van der Waals surface area (Å²) < 4.78 is 38.9. The molecule has 3 nitrogen and oxygen atoms in total. The summed E-state index contributed by atoms with van der Waals surface area (Å²) in [7, 11) is 0. The Labute approximate surface area is 115 Å². The maximum Gasteiger partial charge on any atom is 0.251 e. The zero-order valence-electron chi connectivity index (χ0n) is 11.5. The largest absolute Gasteiger partial charge is 0.396 e. The predicted octanol–water partition coefficient (Wildman–Crippen LogP) is 2.63. The fraction of sp³-hybridized carbons (Fsp3) is 0.500. The van der Waals surface area contributed by atoms with Crippen LogP contribution in [-0.4, -0.2) is 24.2 Å². The van der Waals surface area contributed by atoms with Crippen molar-refractivity contribution < 1.29 is 23.1 Å². The van der Waals surface area contributed by atoms with Crippen LogP contribution in [0.2, 0.25) is 0 Å². The van der Waals surface area contributed by atoms with E-state index < -0.39 is 28.8 Å². The van der Waals surface area contributed by atoms with E-state index in [4.69, 9.17) is 0 Å². The molecule has 0 aliphatic heterocycles. The minimum atomic E-state index is -1.60. The summed E-state index contributed by atoms with van der Waals surface area (Å²) in [4.78, 5) is 11.8.